The molecule has 0 fully saturated rings. The molecule has 0 radical (unpaired) electrons. The first kappa shape index (κ1) is 16.3. The minimum Gasteiger partial charge on any atom is -1.00 e. The third-order valence-electron chi connectivity index (χ3n) is 2.23. The Balaban J connectivity index is 0.00000289. The number of ether oxygens (including phenoxy) is 2. The van der Waals surface area contributed by atoms with E-state index in [9.17, 15) is 0 Å². The maximum atomic E-state index is 8.94. The van der Waals surface area contributed by atoms with Crippen LogP contribution in [0.3, 0.4) is 0 Å². The monoisotopic (exact) mass is 271 g/mol. The van der Waals surface area contributed by atoms with Crippen LogP contribution in [0.5, 0.6) is 11.5 Å². The first-order chi connectivity index (χ1) is 8.13. The molecule has 6 heteroatoms. The maximum Gasteiger partial charge on any atom is 0.430 e. The molecule has 0 aliphatic heterocycles. The number of diazo groups is 1. The van der Waals surface area contributed by atoms with Crippen LogP contribution in [-0.4, -0.2) is 27.3 Å². The van der Waals surface area contributed by atoms with Crippen LogP contribution < -0.4 is 26.8 Å². The van der Waals surface area contributed by atoms with Crippen molar-refractivity contribution in [3.63, 3.8) is 0 Å². The van der Waals surface area contributed by atoms with Crippen molar-refractivity contribution in [2.45, 2.75) is 13.8 Å². The highest BCUT2D eigenvalue weighted by Crippen LogP contribution is 2.39. The van der Waals surface area contributed by atoms with E-state index in [1.807, 2.05) is 38.9 Å². The summed E-state index contributed by atoms with van der Waals surface area (Å²) < 4.78 is 10.9. The van der Waals surface area contributed by atoms with Crippen LogP contribution >= 0.6 is 0 Å². The summed E-state index contributed by atoms with van der Waals surface area (Å²) in [5.41, 5.74) is 1.27. The lowest BCUT2D eigenvalue weighted by Crippen LogP contribution is -3.00. The van der Waals surface area contributed by atoms with Crippen molar-refractivity contribution < 1.29 is 21.9 Å². The van der Waals surface area contributed by atoms with E-state index in [0.717, 1.165) is 5.69 Å². The molecule has 0 heterocycles. The number of hydrogen-bond acceptors (Lipinski definition) is 4. The smallest absolute Gasteiger partial charge is 0.430 e. The van der Waals surface area contributed by atoms with Gasteiger partial charge in [0.05, 0.1) is 25.0 Å². The fourth-order valence-corrected chi connectivity index (χ4v) is 1.51. The SMILES string of the molecule is CCOc1cc(N(C)C)c(OCC)cc1[N+]#N.[Cl-]. The van der Waals surface area contributed by atoms with Crippen molar-refractivity contribution in [1.82, 2.24) is 0 Å². The van der Waals surface area contributed by atoms with Gasteiger partial charge in [-0.3, -0.25) is 0 Å². The first-order valence-corrected chi connectivity index (χ1v) is 5.60. The zero-order valence-electron chi connectivity index (χ0n) is 11.1. The minimum absolute atomic E-state index is 0. The van der Waals surface area contributed by atoms with Crippen molar-refractivity contribution in [2.24, 2.45) is 0 Å². The minimum atomic E-state index is 0. The lowest BCUT2D eigenvalue weighted by molar-refractivity contribution is -0.00000493. The molecule has 0 saturated heterocycles. The van der Waals surface area contributed by atoms with E-state index in [1.165, 1.54) is 0 Å². The summed E-state index contributed by atoms with van der Waals surface area (Å²) in [5, 5.41) is 8.94. The number of benzene rings is 1. The van der Waals surface area contributed by atoms with Gasteiger partial charge in [-0.2, -0.15) is 0 Å². The number of halogens is 1. The summed E-state index contributed by atoms with van der Waals surface area (Å²) in [4.78, 5) is 5.13. The van der Waals surface area contributed by atoms with Crippen LogP contribution in [0.25, 0.3) is 4.98 Å². The Bertz CT molecular complexity index is 430. The fourth-order valence-electron chi connectivity index (χ4n) is 1.51. The molecular formula is C12H18ClN3O2. The topological polar surface area (TPSA) is 49.9 Å². The summed E-state index contributed by atoms with van der Waals surface area (Å²) in [6, 6.07) is 3.48. The van der Waals surface area contributed by atoms with Gasteiger partial charge in [-0.1, -0.05) is 0 Å². The van der Waals surface area contributed by atoms with Gasteiger partial charge in [-0.25, -0.2) is 0 Å². The molecule has 1 aromatic carbocycles. The Morgan fingerprint density at radius 3 is 2.11 bits per heavy atom. The molecule has 1 aromatic rings. The normalized spacial score (nSPS) is 9.06. The van der Waals surface area contributed by atoms with Gasteiger partial charge in [0.2, 0.25) is 11.1 Å². The van der Waals surface area contributed by atoms with Crippen LogP contribution in [0.4, 0.5) is 11.4 Å². The first-order valence-electron chi connectivity index (χ1n) is 5.60. The molecule has 0 aliphatic carbocycles. The second kappa shape index (κ2) is 7.62. The summed E-state index contributed by atoms with van der Waals surface area (Å²) in [5.74, 6) is 1.22. The molecule has 0 spiro atoms. The van der Waals surface area contributed by atoms with Gasteiger partial charge in [-0.05, 0) is 13.8 Å². The van der Waals surface area contributed by atoms with Gasteiger partial charge in [0.1, 0.15) is 0 Å². The molecule has 0 N–H and O–H groups in total. The summed E-state index contributed by atoms with van der Waals surface area (Å²) in [7, 11) is 3.84. The molecule has 0 aromatic heterocycles. The third-order valence-corrected chi connectivity index (χ3v) is 2.23. The average molecular weight is 272 g/mol. The molecule has 0 unspecified atom stereocenters. The van der Waals surface area contributed by atoms with E-state index in [-0.39, 0.29) is 12.4 Å². The second-order valence-corrected chi connectivity index (χ2v) is 3.65. The van der Waals surface area contributed by atoms with E-state index >= 15 is 0 Å². The van der Waals surface area contributed by atoms with Gasteiger partial charge in [0, 0.05) is 20.2 Å². The van der Waals surface area contributed by atoms with Crippen molar-refractivity contribution in [2.75, 3.05) is 32.2 Å². The molecule has 5 nitrogen and oxygen atoms in total. The number of rotatable bonds is 5. The van der Waals surface area contributed by atoms with E-state index in [4.69, 9.17) is 14.9 Å². The largest absolute Gasteiger partial charge is 1.00 e. The molecule has 18 heavy (non-hydrogen) atoms. The van der Waals surface area contributed by atoms with E-state index in [1.54, 1.807) is 6.07 Å². The predicted octanol–water partition coefficient (Wildman–Crippen LogP) is 0.0386. The van der Waals surface area contributed by atoms with E-state index < -0.39 is 0 Å². The van der Waals surface area contributed by atoms with Gasteiger partial charge < -0.3 is 26.8 Å². The van der Waals surface area contributed by atoms with Crippen LogP contribution in [-0.2, 0) is 0 Å². The Labute approximate surface area is 114 Å². The Morgan fingerprint density at radius 2 is 1.67 bits per heavy atom. The van der Waals surface area contributed by atoms with Crippen LogP contribution in [0.1, 0.15) is 13.8 Å². The Kier molecular flexibility index (Phi) is 6.91. The summed E-state index contributed by atoms with van der Waals surface area (Å²) in [6.45, 7) is 4.86. The second-order valence-electron chi connectivity index (χ2n) is 3.65. The average Bonchev–Trinajstić information content (AvgIpc) is 2.30. The van der Waals surface area contributed by atoms with Gasteiger partial charge in [-0.15, -0.1) is 0 Å². The molecule has 0 saturated carbocycles. The maximum absolute atomic E-state index is 8.94. The van der Waals surface area contributed by atoms with E-state index in [0.29, 0.717) is 30.4 Å². The van der Waals surface area contributed by atoms with Gasteiger partial charge >= 0.3 is 5.69 Å². The van der Waals surface area contributed by atoms with Crippen molar-refractivity contribution in [3.8, 4) is 11.5 Å². The zero-order valence-corrected chi connectivity index (χ0v) is 11.9. The van der Waals surface area contributed by atoms with Crippen molar-refractivity contribution in [3.05, 3.63) is 17.1 Å². The molecule has 1 rings (SSSR count). The van der Waals surface area contributed by atoms with E-state index in [2.05, 4.69) is 4.98 Å². The number of nitrogens with zero attached hydrogens (tertiary/aromatic N) is 3. The molecule has 0 atom stereocenters. The highest BCUT2D eigenvalue weighted by Gasteiger charge is 2.21. The Morgan fingerprint density at radius 1 is 1.11 bits per heavy atom. The summed E-state index contributed by atoms with van der Waals surface area (Å²) >= 11 is 0. The van der Waals surface area contributed by atoms with Gasteiger partial charge in [0.25, 0.3) is 0 Å². The number of anilines is 1. The van der Waals surface area contributed by atoms with Crippen LogP contribution in [0, 0.1) is 5.39 Å². The number of hydrogen-bond donors (Lipinski definition) is 0. The van der Waals surface area contributed by atoms with Crippen molar-refractivity contribution >= 4 is 11.4 Å². The van der Waals surface area contributed by atoms with Crippen molar-refractivity contribution in [1.29, 1.82) is 5.39 Å². The third kappa shape index (κ3) is 3.67. The fraction of sp³-hybridized carbons (Fsp3) is 0.500. The molecule has 0 amide bonds. The standard InChI is InChI=1S/C12H18N3O2.ClH/c1-5-16-11-8-10(15(3)4)12(17-6-2)7-9(11)14-13;/h7-8H,5-6H2,1-4H3;1H/q+1;/p-1. The molecule has 0 bridgehead atoms. The zero-order chi connectivity index (χ0) is 12.8. The molecule has 0 aliphatic rings. The lowest BCUT2D eigenvalue weighted by Gasteiger charge is -2.17. The van der Waals surface area contributed by atoms with Crippen LogP contribution in [0.2, 0.25) is 0 Å². The summed E-state index contributed by atoms with van der Waals surface area (Å²) in [6.07, 6.45) is 0. The highest BCUT2D eigenvalue weighted by atomic mass is 35.5. The highest BCUT2D eigenvalue weighted by molar-refractivity contribution is 5.71. The Hall–Kier alpha value is -1.67. The quantitative estimate of drug-likeness (QED) is 0.710. The molecule has 100 valence electrons. The van der Waals surface area contributed by atoms with Crippen LogP contribution in [0.15, 0.2) is 12.1 Å². The van der Waals surface area contributed by atoms with Gasteiger partial charge in [0.15, 0.2) is 10.7 Å². The lowest BCUT2D eigenvalue weighted by atomic mass is 10.2. The predicted molar refractivity (Wildman–Crippen MR) is 67.9 cm³/mol. The molecular weight excluding hydrogens is 254 g/mol.